The van der Waals surface area contributed by atoms with Crippen molar-refractivity contribution in [1.82, 2.24) is 25.1 Å². The monoisotopic (exact) mass is 606 g/mol. The van der Waals surface area contributed by atoms with Gasteiger partial charge in [-0.25, -0.2) is 9.78 Å². The highest BCUT2D eigenvalue weighted by Gasteiger charge is 2.46. The molecule has 1 fully saturated rings. The van der Waals surface area contributed by atoms with Gasteiger partial charge in [0.1, 0.15) is 18.4 Å². The first kappa shape index (κ1) is 28.6. The van der Waals surface area contributed by atoms with Crippen molar-refractivity contribution in [3.63, 3.8) is 0 Å². The van der Waals surface area contributed by atoms with E-state index in [0.717, 1.165) is 6.20 Å². The first-order valence-electron chi connectivity index (χ1n) is 12.6. The summed E-state index contributed by atoms with van der Waals surface area (Å²) in [7, 11) is 0. The average molecular weight is 607 g/mol. The molecule has 214 valence electrons. The smallest absolute Gasteiger partial charge is 0.451 e. The predicted octanol–water partition coefficient (Wildman–Crippen LogP) is 5.30. The molecule has 0 radical (unpaired) electrons. The Hall–Kier alpha value is -3.90. The van der Waals surface area contributed by atoms with Gasteiger partial charge in [0.05, 0.1) is 18.2 Å². The molecule has 5 rings (SSSR count). The summed E-state index contributed by atoms with van der Waals surface area (Å²) < 4.78 is 46.0. The molecule has 2 aromatic carbocycles. The lowest BCUT2D eigenvalue weighted by Gasteiger charge is -2.35. The van der Waals surface area contributed by atoms with Crippen LogP contribution in [-0.2, 0) is 11.0 Å². The van der Waals surface area contributed by atoms with E-state index in [-0.39, 0.29) is 49.4 Å². The number of nitrogens with zero attached hydrogens (tertiary/aromatic N) is 5. The van der Waals surface area contributed by atoms with Crippen LogP contribution in [0.5, 0.6) is 5.88 Å². The normalized spacial score (nSPS) is 19.2. The van der Waals surface area contributed by atoms with E-state index in [1.165, 1.54) is 9.80 Å². The third-order valence-corrected chi connectivity index (χ3v) is 7.04. The Morgan fingerprint density at radius 2 is 1.71 bits per heavy atom. The fourth-order valence-electron chi connectivity index (χ4n) is 4.71. The van der Waals surface area contributed by atoms with Crippen LogP contribution in [0.4, 0.5) is 18.0 Å². The molecule has 1 aromatic heterocycles. The number of aromatic nitrogens is 2. The first-order valence-corrected chi connectivity index (χ1v) is 13.3. The van der Waals surface area contributed by atoms with Gasteiger partial charge < -0.3 is 15.0 Å². The van der Waals surface area contributed by atoms with E-state index in [1.807, 2.05) is 0 Å². The largest absolute Gasteiger partial charge is 0.477 e. The Bertz CT molecular complexity index is 1490. The van der Waals surface area contributed by atoms with E-state index in [2.05, 4.69) is 15.3 Å². The summed E-state index contributed by atoms with van der Waals surface area (Å²) in [6, 6.07) is 11.6. The Labute approximate surface area is 242 Å². The van der Waals surface area contributed by atoms with Crippen molar-refractivity contribution in [2.45, 2.75) is 25.2 Å². The quantitative estimate of drug-likeness (QED) is 0.425. The highest BCUT2D eigenvalue weighted by atomic mass is 35.5. The number of halogens is 5. The molecule has 1 saturated heterocycles. The molecule has 2 aliphatic rings. The standard InChI is InChI=1S/C27H23Cl2F3N6O3/c1-2-41-24-19(13-34-25(36-24)27(30,31)32)23-35-21(15-3-7-17(28)8-4-15)22(16-5-9-18(29)10-6-16)38(23)26(40)37-12-11-33-20(39)14-37/h3-10,13,21-22H,2,11-12,14H2,1H3,(H,33,39). The second-order valence-corrected chi connectivity index (χ2v) is 10.1. The SMILES string of the molecule is CCOc1nc(C(F)(F)F)ncc1C1=NC(c2ccc(Cl)cc2)C(c2ccc(Cl)cc2)N1C(=O)N1CCNC(=O)C1. The van der Waals surface area contributed by atoms with Gasteiger partial charge in [0.15, 0.2) is 0 Å². The Kier molecular flexibility index (Phi) is 8.05. The minimum Gasteiger partial charge on any atom is -0.477 e. The number of rotatable bonds is 5. The number of nitrogens with one attached hydrogen (secondary N) is 1. The van der Waals surface area contributed by atoms with Crippen LogP contribution in [0.2, 0.25) is 10.0 Å². The Morgan fingerprint density at radius 1 is 1.07 bits per heavy atom. The first-order chi connectivity index (χ1) is 19.6. The molecule has 1 N–H and O–H groups in total. The molecule has 0 spiro atoms. The number of hydrogen-bond acceptors (Lipinski definition) is 6. The number of hydrogen-bond donors (Lipinski definition) is 1. The maximum atomic E-state index is 14.2. The lowest BCUT2D eigenvalue weighted by Crippen LogP contribution is -2.55. The average Bonchev–Trinajstić information content (AvgIpc) is 3.33. The van der Waals surface area contributed by atoms with Crippen molar-refractivity contribution in [2.75, 3.05) is 26.2 Å². The summed E-state index contributed by atoms with van der Waals surface area (Å²) >= 11 is 12.3. The molecule has 0 saturated carbocycles. The molecule has 2 atom stereocenters. The number of aliphatic imine (C=N–C) groups is 1. The Balaban J connectivity index is 1.71. The van der Waals surface area contributed by atoms with E-state index in [0.29, 0.717) is 21.2 Å². The Morgan fingerprint density at radius 3 is 2.29 bits per heavy atom. The number of amidine groups is 1. The fourth-order valence-corrected chi connectivity index (χ4v) is 4.96. The van der Waals surface area contributed by atoms with Gasteiger partial charge in [-0.15, -0.1) is 0 Å². The van der Waals surface area contributed by atoms with Crippen LogP contribution < -0.4 is 10.1 Å². The van der Waals surface area contributed by atoms with E-state index in [4.69, 9.17) is 32.9 Å². The predicted molar refractivity (Wildman–Crippen MR) is 145 cm³/mol. The van der Waals surface area contributed by atoms with E-state index < -0.39 is 30.1 Å². The van der Waals surface area contributed by atoms with Gasteiger partial charge in [-0.05, 0) is 42.3 Å². The molecule has 0 bridgehead atoms. The molecule has 3 aromatic rings. The minimum absolute atomic E-state index is 0.00180. The van der Waals surface area contributed by atoms with Gasteiger partial charge in [0.2, 0.25) is 17.6 Å². The van der Waals surface area contributed by atoms with Crippen LogP contribution in [0.25, 0.3) is 0 Å². The topological polar surface area (TPSA) is 100 Å². The lowest BCUT2D eigenvalue weighted by molar-refractivity contribution is -0.145. The van der Waals surface area contributed by atoms with Crippen LogP contribution in [0, 0.1) is 0 Å². The third-order valence-electron chi connectivity index (χ3n) is 6.53. The van der Waals surface area contributed by atoms with Crippen LogP contribution in [-0.4, -0.2) is 63.8 Å². The summed E-state index contributed by atoms with van der Waals surface area (Å²) in [5.41, 5.74) is 1.32. The molecular weight excluding hydrogens is 584 g/mol. The summed E-state index contributed by atoms with van der Waals surface area (Å²) in [4.78, 5) is 41.1. The number of urea groups is 1. The summed E-state index contributed by atoms with van der Waals surface area (Å²) in [5, 5.41) is 3.64. The number of benzene rings is 2. The molecule has 2 unspecified atom stereocenters. The van der Waals surface area contributed by atoms with Crippen LogP contribution in [0.1, 0.15) is 41.5 Å². The van der Waals surface area contributed by atoms with Gasteiger partial charge in [0, 0.05) is 29.3 Å². The van der Waals surface area contributed by atoms with Crippen LogP contribution in [0.3, 0.4) is 0 Å². The summed E-state index contributed by atoms with van der Waals surface area (Å²) in [6.45, 7) is 1.84. The zero-order valence-electron chi connectivity index (χ0n) is 21.5. The summed E-state index contributed by atoms with van der Waals surface area (Å²) in [5.74, 6) is -2.11. The summed E-state index contributed by atoms with van der Waals surface area (Å²) in [6.07, 6.45) is -3.87. The van der Waals surface area contributed by atoms with Crippen molar-refractivity contribution >= 4 is 41.0 Å². The van der Waals surface area contributed by atoms with E-state index in [1.54, 1.807) is 55.5 Å². The van der Waals surface area contributed by atoms with Crippen LogP contribution in [0.15, 0.2) is 59.7 Å². The fraction of sp³-hybridized carbons (Fsp3) is 0.296. The maximum Gasteiger partial charge on any atom is 0.451 e. The van der Waals surface area contributed by atoms with Gasteiger partial charge in [-0.2, -0.15) is 18.2 Å². The molecule has 0 aliphatic carbocycles. The van der Waals surface area contributed by atoms with Crippen LogP contribution >= 0.6 is 23.2 Å². The number of ether oxygens (including phenoxy) is 1. The van der Waals surface area contributed by atoms with Gasteiger partial charge >= 0.3 is 12.2 Å². The third kappa shape index (κ3) is 5.94. The zero-order chi connectivity index (χ0) is 29.3. The van der Waals surface area contributed by atoms with Crippen molar-refractivity contribution in [2.24, 2.45) is 4.99 Å². The molecule has 9 nitrogen and oxygen atoms in total. The molecular formula is C27H23Cl2F3N6O3. The van der Waals surface area contributed by atoms with Crippen molar-refractivity contribution in [3.8, 4) is 5.88 Å². The molecule has 14 heteroatoms. The maximum absolute atomic E-state index is 14.2. The van der Waals surface area contributed by atoms with Crippen molar-refractivity contribution < 1.29 is 27.5 Å². The number of amides is 3. The number of piperazine rings is 1. The highest BCUT2D eigenvalue weighted by molar-refractivity contribution is 6.30. The highest BCUT2D eigenvalue weighted by Crippen LogP contribution is 2.45. The van der Waals surface area contributed by atoms with Gasteiger partial charge in [-0.3, -0.25) is 14.7 Å². The zero-order valence-corrected chi connectivity index (χ0v) is 23.0. The van der Waals surface area contributed by atoms with E-state index in [9.17, 15) is 22.8 Å². The van der Waals surface area contributed by atoms with Crippen molar-refractivity contribution in [3.05, 3.63) is 87.3 Å². The second-order valence-electron chi connectivity index (χ2n) is 9.21. The minimum atomic E-state index is -4.82. The number of carbonyl (C=O) groups excluding carboxylic acids is 2. The molecule has 3 heterocycles. The van der Waals surface area contributed by atoms with Gasteiger partial charge in [-0.1, -0.05) is 47.5 Å². The molecule has 3 amide bonds. The molecule has 41 heavy (non-hydrogen) atoms. The number of alkyl halides is 3. The number of carbonyl (C=O) groups is 2. The van der Waals surface area contributed by atoms with Gasteiger partial charge in [0.25, 0.3) is 0 Å². The lowest BCUT2D eigenvalue weighted by atomic mass is 9.94. The molecule has 2 aliphatic heterocycles. The van der Waals surface area contributed by atoms with E-state index >= 15 is 0 Å². The van der Waals surface area contributed by atoms with Crippen molar-refractivity contribution in [1.29, 1.82) is 0 Å². The second kappa shape index (κ2) is 11.5.